The molecule has 5 heteroatoms. The van der Waals surface area contributed by atoms with Crippen molar-refractivity contribution in [2.45, 2.75) is 13.1 Å². The summed E-state index contributed by atoms with van der Waals surface area (Å²) in [6.45, 7) is 0.884. The van der Waals surface area contributed by atoms with E-state index in [1.165, 1.54) is 0 Å². The summed E-state index contributed by atoms with van der Waals surface area (Å²) >= 11 is 3.56. The van der Waals surface area contributed by atoms with Gasteiger partial charge in [-0.05, 0) is 35.4 Å². The number of hydrogen-bond acceptors (Lipinski definition) is 2. The van der Waals surface area contributed by atoms with E-state index < -0.39 is 0 Å². The van der Waals surface area contributed by atoms with E-state index >= 15 is 0 Å². The van der Waals surface area contributed by atoms with Crippen molar-refractivity contribution in [2.75, 3.05) is 9.80 Å². The van der Waals surface area contributed by atoms with Gasteiger partial charge in [0.25, 0.3) is 11.8 Å². The molecule has 2 aliphatic rings. The van der Waals surface area contributed by atoms with Crippen LogP contribution in [0.15, 0.2) is 108 Å². The fourth-order valence-corrected chi connectivity index (χ4v) is 5.27. The van der Waals surface area contributed by atoms with Crippen LogP contribution in [0.1, 0.15) is 22.3 Å². The van der Waals surface area contributed by atoms with Crippen molar-refractivity contribution in [1.29, 1.82) is 0 Å². The minimum atomic E-state index is -0.151. The van der Waals surface area contributed by atoms with Crippen LogP contribution in [0.4, 0.5) is 11.4 Å². The molecule has 0 saturated heterocycles. The second kappa shape index (κ2) is 8.67. The maximum Gasteiger partial charge on any atom is 0.260 e. The minimum absolute atomic E-state index is 0.147. The molecule has 0 spiro atoms. The standard InChI is InChI=1S/C30H21BrN2O2/c31-22-15-16-26-24(17-22)28(30(35)33(26)19-21-11-5-2-6-12-21)27-23-13-7-8-14-25(23)32(29(27)34)18-20-9-3-1-4-10-20/h1-17H,18-19H2/b28-27-. The Kier molecular flexibility index (Phi) is 5.34. The average Bonchev–Trinajstić information content (AvgIpc) is 3.30. The molecular formula is C30H21BrN2O2. The first-order valence-corrected chi connectivity index (χ1v) is 12.3. The summed E-state index contributed by atoms with van der Waals surface area (Å²) in [5.41, 5.74) is 6.22. The van der Waals surface area contributed by atoms with Crippen molar-refractivity contribution >= 4 is 50.3 Å². The van der Waals surface area contributed by atoms with Gasteiger partial charge < -0.3 is 9.80 Å². The van der Waals surface area contributed by atoms with E-state index in [9.17, 15) is 9.59 Å². The Morgan fingerprint density at radius 3 is 1.63 bits per heavy atom. The van der Waals surface area contributed by atoms with Crippen molar-refractivity contribution in [3.05, 3.63) is 130 Å². The van der Waals surface area contributed by atoms with Crippen LogP contribution in [0.25, 0.3) is 11.1 Å². The highest BCUT2D eigenvalue weighted by Gasteiger charge is 2.42. The predicted octanol–water partition coefficient (Wildman–Crippen LogP) is 6.45. The highest BCUT2D eigenvalue weighted by molar-refractivity contribution is 9.10. The lowest BCUT2D eigenvalue weighted by Gasteiger charge is -2.18. The third-order valence-corrected chi connectivity index (χ3v) is 7.01. The van der Waals surface area contributed by atoms with Gasteiger partial charge >= 0.3 is 0 Å². The highest BCUT2D eigenvalue weighted by Crippen LogP contribution is 2.47. The van der Waals surface area contributed by atoms with E-state index in [4.69, 9.17) is 0 Å². The molecular weight excluding hydrogens is 500 g/mol. The van der Waals surface area contributed by atoms with Crippen molar-refractivity contribution in [3.63, 3.8) is 0 Å². The van der Waals surface area contributed by atoms with Gasteiger partial charge in [0.1, 0.15) is 0 Å². The number of carbonyl (C=O) groups is 2. The summed E-state index contributed by atoms with van der Waals surface area (Å²) in [4.78, 5) is 31.5. The van der Waals surface area contributed by atoms with Gasteiger partial charge in [-0.15, -0.1) is 0 Å². The normalized spacial score (nSPS) is 16.6. The number of carbonyl (C=O) groups excluding carboxylic acids is 2. The molecule has 0 unspecified atom stereocenters. The molecule has 0 saturated carbocycles. The van der Waals surface area contributed by atoms with Gasteiger partial charge in [0.2, 0.25) is 0 Å². The summed E-state index contributed by atoms with van der Waals surface area (Å²) in [6, 6.07) is 33.4. The van der Waals surface area contributed by atoms with Crippen LogP contribution in [0, 0.1) is 0 Å². The first-order valence-electron chi connectivity index (χ1n) is 11.5. The van der Waals surface area contributed by atoms with E-state index in [0.717, 1.165) is 38.1 Å². The lowest BCUT2D eigenvalue weighted by Crippen LogP contribution is -2.28. The Bertz CT molecular complexity index is 1500. The Hall–Kier alpha value is -3.96. The van der Waals surface area contributed by atoms with Crippen molar-refractivity contribution in [2.24, 2.45) is 0 Å². The second-order valence-corrected chi connectivity index (χ2v) is 9.60. The van der Waals surface area contributed by atoms with Gasteiger partial charge in [0, 0.05) is 15.6 Å². The molecule has 0 N–H and O–H groups in total. The molecule has 2 aliphatic heterocycles. The van der Waals surface area contributed by atoms with Crippen molar-refractivity contribution < 1.29 is 9.59 Å². The maximum absolute atomic E-state index is 14.0. The molecule has 0 bridgehead atoms. The molecule has 4 aromatic rings. The fraction of sp³-hybridized carbons (Fsp3) is 0.0667. The van der Waals surface area contributed by atoms with Gasteiger partial charge in [0.05, 0.1) is 35.6 Å². The molecule has 35 heavy (non-hydrogen) atoms. The van der Waals surface area contributed by atoms with E-state index in [-0.39, 0.29) is 11.8 Å². The van der Waals surface area contributed by atoms with Crippen molar-refractivity contribution in [1.82, 2.24) is 0 Å². The van der Waals surface area contributed by atoms with Gasteiger partial charge in [0.15, 0.2) is 0 Å². The summed E-state index contributed by atoms with van der Waals surface area (Å²) in [5, 5.41) is 0. The Morgan fingerprint density at radius 2 is 1.03 bits per heavy atom. The first kappa shape index (κ1) is 21.6. The Labute approximate surface area is 212 Å². The Balaban J connectivity index is 1.51. The molecule has 2 heterocycles. The number of hydrogen-bond donors (Lipinski definition) is 0. The molecule has 170 valence electrons. The molecule has 4 nitrogen and oxygen atoms in total. The van der Waals surface area contributed by atoms with Crippen LogP contribution in [-0.4, -0.2) is 11.8 Å². The summed E-state index contributed by atoms with van der Waals surface area (Å²) in [5.74, 6) is -0.299. The van der Waals surface area contributed by atoms with Crippen molar-refractivity contribution in [3.8, 4) is 0 Å². The second-order valence-electron chi connectivity index (χ2n) is 8.68. The SMILES string of the molecule is O=C1/C(=C2\C(=O)N(Cc3ccccc3)c3ccc(Br)cc32)c2ccccc2N1Cc1ccccc1. The zero-order valence-electron chi connectivity index (χ0n) is 18.8. The number of amides is 2. The van der Waals surface area contributed by atoms with Crippen LogP contribution < -0.4 is 9.80 Å². The van der Waals surface area contributed by atoms with E-state index in [1.54, 1.807) is 9.80 Å². The van der Waals surface area contributed by atoms with E-state index in [0.29, 0.717) is 24.2 Å². The van der Waals surface area contributed by atoms with Crippen LogP contribution >= 0.6 is 15.9 Å². The molecule has 0 aliphatic carbocycles. The van der Waals surface area contributed by atoms with Gasteiger partial charge in [-0.1, -0.05) is 94.8 Å². The monoisotopic (exact) mass is 520 g/mol. The zero-order valence-corrected chi connectivity index (χ0v) is 20.4. The first-order chi connectivity index (χ1) is 17.1. The third-order valence-electron chi connectivity index (χ3n) is 6.52. The number of rotatable bonds is 4. The largest absolute Gasteiger partial charge is 0.303 e. The predicted molar refractivity (Wildman–Crippen MR) is 143 cm³/mol. The highest BCUT2D eigenvalue weighted by atomic mass is 79.9. The van der Waals surface area contributed by atoms with Crippen LogP contribution in [0.5, 0.6) is 0 Å². The molecule has 0 aromatic heterocycles. The lowest BCUT2D eigenvalue weighted by molar-refractivity contribution is -0.114. The summed E-state index contributed by atoms with van der Waals surface area (Å²) in [6.07, 6.45) is 0. The summed E-state index contributed by atoms with van der Waals surface area (Å²) < 4.78 is 0.864. The Morgan fingerprint density at radius 1 is 0.543 bits per heavy atom. The average molecular weight is 521 g/mol. The van der Waals surface area contributed by atoms with Crippen LogP contribution in [-0.2, 0) is 22.7 Å². The maximum atomic E-state index is 14.0. The van der Waals surface area contributed by atoms with Crippen LogP contribution in [0.2, 0.25) is 0 Å². The minimum Gasteiger partial charge on any atom is -0.303 e. The van der Waals surface area contributed by atoms with E-state index in [1.807, 2.05) is 103 Å². The lowest BCUT2D eigenvalue weighted by atomic mass is 9.96. The number of para-hydroxylation sites is 1. The number of fused-ring (bicyclic) bond motifs is 2. The molecule has 6 rings (SSSR count). The molecule has 0 atom stereocenters. The molecule has 0 radical (unpaired) electrons. The summed E-state index contributed by atoms with van der Waals surface area (Å²) in [7, 11) is 0. The number of nitrogens with zero attached hydrogens (tertiary/aromatic N) is 2. The van der Waals surface area contributed by atoms with Gasteiger partial charge in [-0.25, -0.2) is 0 Å². The smallest absolute Gasteiger partial charge is 0.260 e. The molecule has 4 aromatic carbocycles. The van der Waals surface area contributed by atoms with Crippen LogP contribution in [0.3, 0.4) is 0 Å². The van der Waals surface area contributed by atoms with Gasteiger partial charge in [-0.3, -0.25) is 9.59 Å². The number of anilines is 2. The number of halogens is 1. The fourth-order valence-electron chi connectivity index (χ4n) is 4.91. The van der Waals surface area contributed by atoms with E-state index in [2.05, 4.69) is 15.9 Å². The third kappa shape index (κ3) is 3.69. The quantitative estimate of drug-likeness (QED) is 0.290. The number of benzene rings is 4. The molecule has 0 fully saturated rings. The zero-order chi connectivity index (χ0) is 23.9. The van der Waals surface area contributed by atoms with Gasteiger partial charge in [-0.2, -0.15) is 0 Å². The topological polar surface area (TPSA) is 40.6 Å². The molecule has 2 amide bonds.